The minimum atomic E-state index is 0.0873. The third kappa shape index (κ3) is 6.19. The third-order valence-electron chi connectivity index (χ3n) is 6.62. The molecule has 0 spiro atoms. The van der Waals surface area contributed by atoms with Gasteiger partial charge in [-0.2, -0.15) is 0 Å². The van der Waals surface area contributed by atoms with Gasteiger partial charge in [0, 0.05) is 38.8 Å². The molecule has 2 atom stereocenters. The highest BCUT2D eigenvalue weighted by molar-refractivity contribution is 5.37. The number of rotatable bonds is 8. The molecule has 1 N–H and O–H groups in total. The minimum Gasteiger partial charge on any atom is -0.465 e. The average Bonchev–Trinajstić information content (AvgIpc) is 2.68. The summed E-state index contributed by atoms with van der Waals surface area (Å²) in [6.45, 7) is 11.1. The molecule has 6 nitrogen and oxygen atoms in total. The maximum Gasteiger partial charge on any atom is 0.293 e. The van der Waals surface area contributed by atoms with Gasteiger partial charge in [-0.25, -0.2) is 0 Å². The Morgan fingerprint density at radius 3 is 2.54 bits per heavy atom. The van der Waals surface area contributed by atoms with Gasteiger partial charge in [0.05, 0.1) is 0 Å². The zero-order chi connectivity index (χ0) is 18.2. The van der Waals surface area contributed by atoms with E-state index in [2.05, 4.69) is 27.1 Å². The van der Waals surface area contributed by atoms with Gasteiger partial charge in [-0.05, 0) is 77.7 Å². The Kier molecular flexibility index (Phi) is 8.17. The molecular formula is C20H38N4O2. The second-order valence-electron chi connectivity index (χ2n) is 8.50. The molecule has 0 aromatic rings. The number of likely N-dealkylation sites (tertiary alicyclic amines) is 1. The summed E-state index contributed by atoms with van der Waals surface area (Å²) in [5.41, 5.74) is 0. The van der Waals surface area contributed by atoms with Crippen LogP contribution in [0.1, 0.15) is 38.5 Å². The van der Waals surface area contributed by atoms with Crippen molar-refractivity contribution in [3.8, 4) is 0 Å². The van der Waals surface area contributed by atoms with Gasteiger partial charge in [-0.3, -0.25) is 9.69 Å². The van der Waals surface area contributed by atoms with Crippen molar-refractivity contribution in [2.24, 2.45) is 5.92 Å². The summed E-state index contributed by atoms with van der Waals surface area (Å²) in [6.07, 6.45) is 7.23. The molecule has 0 amide bonds. The first-order valence-electron chi connectivity index (χ1n) is 10.7. The summed E-state index contributed by atoms with van der Waals surface area (Å²) in [4.78, 5) is 18.6. The van der Waals surface area contributed by atoms with Gasteiger partial charge >= 0.3 is 0 Å². The van der Waals surface area contributed by atoms with Crippen molar-refractivity contribution in [1.82, 2.24) is 20.0 Å². The maximum atomic E-state index is 10.9. The standard InChI is InChI=1S/C20H38N4O2/c1-22-8-4-19(5-9-22)24-13-11-23(12-14-24)10-6-20(26-17-25)15-18-3-2-7-21-16-18/h17-21H,2-16H2,1H3. The largest absolute Gasteiger partial charge is 0.465 e. The third-order valence-corrected chi connectivity index (χ3v) is 6.62. The Morgan fingerprint density at radius 2 is 1.88 bits per heavy atom. The van der Waals surface area contributed by atoms with E-state index in [9.17, 15) is 4.79 Å². The van der Waals surface area contributed by atoms with Crippen molar-refractivity contribution in [1.29, 1.82) is 0 Å². The second kappa shape index (κ2) is 10.6. The Hall–Kier alpha value is -0.690. The fourth-order valence-corrected chi connectivity index (χ4v) is 4.86. The van der Waals surface area contributed by atoms with E-state index in [0.717, 1.165) is 51.6 Å². The molecule has 6 heteroatoms. The van der Waals surface area contributed by atoms with E-state index in [0.29, 0.717) is 12.4 Å². The average molecular weight is 367 g/mol. The molecule has 3 aliphatic heterocycles. The molecule has 150 valence electrons. The second-order valence-corrected chi connectivity index (χ2v) is 8.50. The van der Waals surface area contributed by atoms with Gasteiger partial charge < -0.3 is 19.9 Å². The molecule has 0 radical (unpaired) electrons. The van der Waals surface area contributed by atoms with Gasteiger partial charge in [-0.1, -0.05) is 0 Å². The summed E-state index contributed by atoms with van der Waals surface area (Å²) < 4.78 is 5.41. The quantitative estimate of drug-likeness (QED) is 0.647. The first-order valence-corrected chi connectivity index (χ1v) is 10.7. The lowest BCUT2D eigenvalue weighted by molar-refractivity contribution is -0.135. The molecule has 3 heterocycles. The molecule has 0 bridgehead atoms. The van der Waals surface area contributed by atoms with E-state index in [4.69, 9.17) is 4.74 Å². The van der Waals surface area contributed by atoms with Crippen LogP contribution in [0.4, 0.5) is 0 Å². The smallest absolute Gasteiger partial charge is 0.293 e. The molecule has 0 aliphatic carbocycles. The normalized spacial score (nSPS) is 28.7. The number of ether oxygens (including phenoxy) is 1. The predicted octanol–water partition coefficient (Wildman–Crippen LogP) is 1.02. The SMILES string of the molecule is CN1CCC(N2CCN(CCC(CC3CCCNC3)OC=O)CC2)CC1. The Balaban J connectivity index is 1.35. The molecule has 26 heavy (non-hydrogen) atoms. The summed E-state index contributed by atoms with van der Waals surface area (Å²) in [6, 6.07) is 0.790. The molecule has 0 saturated carbocycles. The van der Waals surface area contributed by atoms with Gasteiger partial charge in [0.15, 0.2) is 0 Å². The van der Waals surface area contributed by atoms with Crippen LogP contribution in [0.25, 0.3) is 0 Å². The minimum absolute atomic E-state index is 0.0873. The Bertz CT molecular complexity index is 401. The lowest BCUT2D eigenvalue weighted by atomic mass is 9.92. The summed E-state index contributed by atoms with van der Waals surface area (Å²) in [7, 11) is 2.23. The molecule has 0 aromatic heterocycles. The van der Waals surface area contributed by atoms with E-state index in [1.54, 1.807) is 0 Å². The van der Waals surface area contributed by atoms with Crippen LogP contribution < -0.4 is 5.32 Å². The van der Waals surface area contributed by atoms with Crippen LogP contribution in [0, 0.1) is 5.92 Å². The first kappa shape index (κ1) is 20.1. The van der Waals surface area contributed by atoms with Crippen LogP contribution in [0.3, 0.4) is 0 Å². The van der Waals surface area contributed by atoms with Gasteiger partial charge in [0.25, 0.3) is 6.47 Å². The van der Waals surface area contributed by atoms with E-state index >= 15 is 0 Å². The molecule has 2 unspecified atom stereocenters. The van der Waals surface area contributed by atoms with Crippen LogP contribution in [-0.4, -0.2) is 99.3 Å². The van der Waals surface area contributed by atoms with Crippen LogP contribution in [0.15, 0.2) is 0 Å². The number of nitrogens with one attached hydrogen (secondary N) is 1. The first-order chi connectivity index (χ1) is 12.7. The number of piperidine rings is 2. The van der Waals surface area contributed by atoms with E-state index in [1.165, 1.54) is 51.9 Å². The Morgan fingerprint density at radius 1 is 1.12 bits per heavy atom. The zero-order valence-corrected chi connectivity index (χ0v) is 16.6. The molecule has 3 saturated heterocycles. The van der Waals surface area contributed by atoms with Crippen LogP contribution >= 0.6 is 0 Å². The van der Waals surface area contributed by atoms with E-state index in [1.807, 2.05) is 0 Å². The summed E-state index contributed by atoms with van der Waals surface area (Å²) >= 11 is 0. The van der Waals surface area contributed by atoms with E-state index in [-0.39, 0.29) is 6.10 Å². The molecule has 3 aliphatic rings. The number of carbonyl (C=O) groups is 1. The summed E-state index contributed by atoms with van der Waals surface area (Å²) in [5, 5.41) is 3.46. The topological polar surface area (TPSA) is 48.0 Å². The van der Waals surface area contributed by atoms with Gasteiger partial charge in [0.2, 0.25) is 0 Å². The number of nitrogens with zero attached hydrogens (tertiary/aromatic N) is 3. The number of piperazine rings is 1. The highest BCUT2D eigenvalue weighted by atomic mass is 16.5. The van der Waals surface area contributed by atoms with E-state index < -0.39 is 0 Å². The van der Waals surface area contributed by atoms with Crippen LogP contribution in [0.2, 0.25) is 0 Å². The highest BCUT2D eigenvalue weighted by Gasteiger charge is 2.27. The summed E-state index contributed by atoms with van der Waals surface area (Å²) in [5.74, 6) is 0.662. The van der Waals surface area contributed by atoms with Crippen LogP contribution in [-0.2, 0) is 9.53 Å². The maximum absolute atomic E-state index is 10.9. The fraction of sp³-hybridized carbons (Fsp3) is 0.950. The number of hydrogen-bond acceptors (Lipinski definition) is 6. The van der Waals surface area contributed by atoms with Crippen molar-refractivity contribution < 1.29 is 9.53 Å². The van der Waals surface area contributed by atoms with Crippen molar-refractivity contribution >= 4 is 6.47 Å². The van der Waals surface area contributed by atoms with Crippen molar-refractivity contribution in [2.45, 2.75) is 50.7 Å². The van der Waals surface area contributed by atoms with Gasteiger partial charge in [-0.15, -0.1) is 0 Å². The lowest BCUT2D eigenvalue weighted by Crippen LogP contribution is -2.53. The highest BCUT2D eigenvalue weighted by Crippen LogP contribution is 2.21. The van der Waals surface area contributed by atoms with Gasteiger partial charge in [0.1, 0.15) is 6.10 Å². The van der Waals surface area contributed by atoms with Crippen molar-refractivity contribution in [2.75, 3.05) is 66.0 Å². The monoisotopic (exact) mass is 366 g/mol. The van der Waals surface area contributed by atoms with Crippen LogP contribution in [0.5, 0.6) is 0 Å². The molecule has 3 fully saturated rings. The molecule has 3 rings (SSSR count). The molecule has 0 aromatic carbocycles. The molecular weight excluding hydrogens is 328 g/mol. The number of carbonyl (C=O) groups excluding carboxylic acids is 1. The zero-order valence-electron chi connectivity index (χ0n) is 16.6. The Labute approximate surface area is 159 Å². The predicted molar refractivity (Wildman–Crippen MR) is 104 cm³/mol. The number of hydrogen-bond donors (Lipinski definition) is 1. The van der Waals surface area contributed by atoms with Crippen molar-refractivity contribution in [3.63, 3.8) is 0 Å². The lowest BCUT2D eigenvalue weighted by Gasteiger charge is -2.42. The van der Waals surface area contributed by atoms with Crippen molar-refractivity contribution in [3.05, 3.63) is 0 Å². The fourth-order valence-electron chi connectivity index (χ4n) is 4.86.